The maximum atomic E-state index is 13.2. The first kappa shape index (κ1) is 22.0. The van der Waals surface area contributed by atoms with E-state index in [2.05, 4.69) is 15.4 Å². The summed E-state index contributed by atoms with van der Waals surface area (Å²) in [6, 6.07) is 18.3. The molecule has 4 aromatic rings. The zero-order valence-electron chi connectivity index (χ0n) is 18.6. The molecule has 2 aromatic carbocycles. The Morgan fingerprint density at radius 2 is 1.70 bits per heavy atom. The summed E-state index contributed by atoms with van der Waals surface area (Å²) in [5.74, 6) is -1.06. The molecule has 0 saturated heterocycles. The fourth-order valence-electron chi connectivity index (χ4n) is 3.50. The average molecular weight is 441 g/mol. The number of aryl methyl sites for hydroxylation is 2. The summed E-state index contributed by atoms with van der Waals surface area (Å²) in [5, 5.41) is 7.22. The Morgan fingerprint density at radius 3 is 2.42 bits per heavy atom. The van der Waals surface area contributed by atoms with Crippen molar-refractivity contribution in [3.8, 4) is 5.69 Å². The van der Waals surface area contributed by atoms with Crippen LogP contribution in [0.2, 0.25) is 0 Å². The van der Waals surface area contributed by atoms with Gasteiger partial charge in [0.25, 0.3) is 5.91 Å². The number of nitrogens with one attached hydrogen (secondary N) is 1. The van der Waals surface area contributed by atoms with Crippen LogP contribution in [0.5, 0.6) is 0 Å². The zero-order valence-corrected chi connectivity index (χ0v) is 18.6. The van der Waals surface area contributed by atoms with E-state index < -0.39 is 18.0 Å². The van der Waals surface area contributed by atoms with Crippen LogP contribution in [0.1, 0.15) is 38.8 Å². The number of aromatic nitrogens is 3. The van der Waals surface area contributed by atoms with Crippen LogP contribution in [0.15, 0.2) is 79.3 Å². The van der Waals surface area contributed by atoms with Crippen LogP contribution in [-0.2, 0) is 9.53 Å². The van der Waals surface area contributed by atoms with Crippen LogP contribution in [0.4, 0.5) is 5.69 Å². The van der Waals surface area contributed by atoms with Crippen molar-refractivity contribution in [2.24, 2.45) is 0 Å². The average Bonchev–Trinajstić information content (AvgIpc) is 3.22. The summed E-state index contributed by atoms with van der Waals surface area (Å²) in [4.78, 5) is 30.3. The second-order valence-corrected chi connectivity index (χ2v) is 7.76. The first-order valence-corrected chi connectivity index (χ1v) is 10.5. The molecule has 0 aliphatic heterocycles. The molecule has 33 heavy (non-hydrogen) atoms. The Hall–Kier alpha value is -4.26. The van der Waals surface area contributed by atoms with Crippen molar-refractivity contribution in [1.29, 1.82) is 0 Å². The number of anilines is 1. The highest BCUT2D eigenvalue weighted by molar-refractivity contribution is 5.98. The zero-order chi connectivity index (χ0) is 23.4. The van der Waals surface area contributed by atoms with Crippen molar-refractivity contribution in [3.05, 3.63) is 107 Å². The minimum absolute atomic E-state index is 0.285. The molecule has 7 nitrogen and oxygen atoms in total. The van der Waals surface area contributed by atoms with Gasteiger partial charge < -0.3 is 10.1 Å². The van der Waals surface area contributed by atoms with Gasteiger partial charge in [-0.2, -0.15) is 5.10 Å². The highest BCUT2D eigenvalue weighted by Crippen LogP contribution is 2.25. The number of pyridine rings is 1. The minimum Gasteiger partial charge on any atom is -0.444 e. The smallest absolute Gasteiger partial charge is 0.342 e. The number of amides is 1. The molecule has 1 amide bonds. The third-order valence-corrected chi connectivity index (χ3v) is 5.35. The predicted octanol–water partition coefficient (Wildman–Crippen LogP) is 4.73. The number of nitrogens with zero attached hydrogens (tertiary/aromatic N) is 3. The van der Waals surface area contributed by atoms with E-state index in [1.54, 1.807) is 60.4 Å². The van der Waals surface area contributed by atoms with Crippen molar-refractivity contribution in [1.82, 2.24) is 14.8 Å². The lowest BCUT2D eigenvalue weighted by Gasteiger charge is -2.19. The molecule has 0 bridgehead atoms. The van der Waals surface area contributed by atoms with E-state index in [9.17, 15) is 9.59 Å². The van der Waals surface area contributed by atoms with Gasteiger partial charge in [0.2, 0.25) is 6.10 Å². The van der Waals surface area contributed by atoms with E-state index in [4.69, 9.17) is 4.74 Å². The molecule has 0 saturated carbocycles. The third-order valence-electron chi connectivity index (χ3n) is 5.35. The SMILES string of the molecule is Cc1ccc(C)c(NC(=O)[C@@H](OC(=O)c2cnn(-c3ccncc3)c2C)c2ccccc2)c1. The van der Waals surface area contributed by atoms with Crippen molar-refractivity contribution >= 4 is 17.6 Å². The summed E-state index contributed by atoms with van der Waals surface area (Å²) in [5.41, 5.74) is 4.85. The molecule has 166 valence electrons. The first-order chi connectivity index (χ1) is 15.9. The number of benzene rings is 2. The Balaban J connectivity index is 1.61. The fourth-order valence-corrected chi connectivity index (χ4v) is 3.50. The van der Waals surface area contributed by atoms with E-state index in [1.807, 2.05) is 38.1 Å². The predicted molar refractivity (Wildman–Crippen MR) is 125 cm³/mol. The van der Waals surface area contributed by atoms with Crippen LogP contribution >= 0.6 is 0 Å². The number of carbonyl (C=O) groups excluding carboxylic acids is 2. The number of ether oxygens (including phenoxy) is 1. The highest BCUT2D eigenvalue weighted by atomic mass is 16.5. The van der Waals surface area contributed by atoms with Crippen LogP contribution in [0, 0.1) is 20.8 Å². The van der Waals surface area contributed by atoms with Crippen molar-refractivity contribution in [2.45, 2.75) is 26.9 Å². The van der Waals surface area contributed by atoms with Gasteiger partial charge in [-0.05, 0) is 50.1 Å². The summed E-state index contributed by atoms with van der Waals surface area (Å²) in [6.45, 7) is 5.64. The van der Waals surface area contributed by atoms with Crippen LogP contribution in [0.25, 0.3) is 5.69 Å². The van der Waals surface area contributed by atoms with Gasteiger partial charge >= 0.3 is 5.97 Å². The van der Waals surface area contributed by atoms with Gasteiger partial charge in [0.05, 0.1) is 17.6 Å². The number of esters is 1. The quantitative estimate of drug-likeness (QED) is 0.438. The monoisotopic (exact) mass is 440 g/mol. The van der Waals surface area contributed by atoms with E-state index in [0.717, 1.165) is 16.8 Å². The van der Waals surface area contributed by atoms with E-state index in [-0.39, 0.29) is 5.56 Å². The second kappa shape index (κ2) is 9.48. The normalized spacial score (nSPS) is 11.6. The molecule has 0 spiro atoms. The highest BCUT2D eigenvalue weighted by Gasteiger charge is 2.28. The molecule has 7 heteroatoms. The van der Waals surface area contributed by atoms with Gasteiger partial charge in [0.1, 0.15) is 5.56 Å². The Kier molecular flexibility index (Phi) is 6.31. The van der Waals surface area contributed by atoms with Gasteiger partial charge in [0.15, 0.2) is 0 Å². The molecule has 0 fully saturated rings. The lowest BCUT2D eigenvalue weighted by molar-refractivity contribution is -0.125. The number of carbonyl (C=O) groups is 2. The van der Waals surface area contributed by atoms with Crippen molar-refractivity contribution in [3.63, 3.8) is 0 Å². The summed E-state index contributed by atoms with van der Waals surface area (Å²) >= 11 is 0. The molecule has 1 N–H and O–H groups in total. The molecule has 0 radical (unpaired) electrons. The standard InChI is InChI=1S/C26H24N4O3/c1-17-9-10-18(2)23(15-17)29-25(31)24(20-7-5-4-6-8-20)33-26(32)22-16-28-30(19(22)3)21-11-13-27-14-12-21/h4-16,24H,1-3H3,(H,29,31)/t24-/m0/s1. The van der Waals surface area contributed by atoms with Crippen molar-refractivity contribution < 1.29 is 14.3 Å². The largest absolute Gasteiger partial charge is 0.444 e. The molecular formula is C26H24N4O3. The Bertz CT molecular complexity index is 1280. The van der Waals surface area contributed by atoms with Gasteiger partial charge in [0, 0.05) is 23.6 Å². The maximum absolute atomic E-state index is 13.2. The lowest BCUT2D eigenvalue weighted by atomic mass is 10.1. The first-order valence-electron chi connectivity index (χ1n) is 10.5. The molecular weight excluding hydrogens is 416 g/mol. The van der Waals surface area contributed by atoms with E-state index >= 15 is 0 Å². The van der Waals surface area contributed by atoms with Crippen molar-refractivity contribution in [2.75, 3.05) is 5.32 Å². The number of hydrogen-bond donors (Lipinski definition) is 1. The van der Waals surface area contributed by atoms with Gasteiger partial charge in [-0.3, -0.25) is 9.78 Å². The second-order valence-electron chi connectivity index (χ2n) is 7.76. The molecule has 2 aromatic heterocycles. The molecule has 0 aliphatic rings. The van der Waals surface area contributed by atoms with E-state index in [1.165, 1.54) is 6.20 Å². The van der Waals surface area contributed by atoms with Gasteiger partial charge in [-0.15, -0.1) is 0 Å². The molecule has 1 atom stereocenters. The molecule has 0 aliphatic carbocycles. The number of hydrogen-bond acceptors (Lipinski definition) is 5. The Morgan fingerprint density at radius 1 is 0.970 bits per heavy atom. The van der Waals surface area contributed by atoms with Gasteiger partial charge in [-0.1, -0.05) is 42.5 Å². The molecule has 4 rings (SSSR count). The summed E-state index contributed by atoms with van der Waals surface area (Å²) < 4.78 is 7.37. The fraction of sp³-hybridized carbons (Fsp3) is 0.154. The number of rotatable bonds is 6. The molecule has 0 unspecified atom stereocenters. The molecule has 2 heterocycles. The minimum atomic E-state index is -1.12. The third kappa shape index (κ3) is 4.82. The Labute approximate surface area is 192 Å². The lowest BCUT2D eigenvalue weighted by Crippen LogP contribution is -2.26. The summed E-state index contributed by atoms with van der Waals surface area (Å²) in [6.07, 6.45) is 3.62. The van der Waals surface area contributed by atoms with Crippen LogP contribution in [0.3, 0.4) is 0 Å². The summed E-state index contributed by atoms with van der Waals surface area (Å²) in [7, 11) is 0. The van der Waals surface area contributed by atoms with Crippen LogP contribution in [-0.4, -0.2) is 26.6 Å². The van der Waals surface area contributed by atoms with Gasteiger partial charge in [-0.25, -0.2) is 9.48 Å². The maximum Gasteiger partial charge on any atom is 0.342 e. The topological polar surface area (TPSA) is 86.1 Å². The van der Waals surface area contributed by atoms with E-state index in [0.29, 0.717) is 16.9 Å². The van der Waals surface area contributed by atoms with Crippen LogP contribution < -0.4 is 5.32 Å².